The predicted molar refractivity (Wildman–Crippen MR) is 77.9 cm³/mol. The van der Waals surface area contributed by atoms with Gasteiger partial charge in [-0.1, -0.05) is 28.1 Å². The van der Waals surface area contributed by atoms with Gasteiger partial charge in [-0.25, -0.2) is 4.79 Å². The Hall–Kier alpha value is -1.07. The zero-order valence-electron chi connectivity index (χ0n) is 10.8. The van der Waals surface area contributed by atoms with Crippen LogP contribution in [0.4, 0.5) is 4.79 Å². The maximum Gasteiger partial charge on any atom is 0.318 e. The van der Waals surface area contributed by atoms with Crippen molar-refractivity contribution in [3.8, 4) is 0 Å². The second-order valence-corrected chi connectivity index (χ2v) is 6.36. The highest BCUT2D eigenvalue weighted by Gasteiger charge is 2.42. The Kier molecular flexibility index (Phi) is 3.50. The maximum absolute atomic E-state index is 12.1. The summed E-state index contributed by atoms with van der Waals surface area (Å²) in [4.78, 5) is 14.0. The van der Waals surface area contributed by atoms with Crippen molar-refractivity contribution in [3.05, 3.63) is 34.3 Å². The van der Waals surface area contributed by atoms with Crippen molar-refractivity contribution < 1.29 is 4.79 Å². The Morgan fingerprint density at radius 3 is 2.58 bits per heavy atom. The van der Waals surface area contributed by atoms with E-state index >= 15 is 0 Å². The lowest BCUT2D eigenvalue weighted by Gasteiger charge is -2.33. The quantitative estimate of drug-likeness (QED) is 0.875. The zero-order chi connectivity index (χ0) is 13.3. The van der Waals surface area contributed by atoms with E-state index in [2.05, 4.69) is 38.7 Å². The monoisotopic (exact) mass is 323 g/mol. The number of benzene rings is 1. The third-order valence-corrected chi connectivity index (χ3v) is 4.53. The van der Waals surface area contributed by atoms with Crippen LogP contribution in [-0.4, -0.2) is 36.1 Å². The molecule has 3 rings (SSSR count). The van der Waals surface area contributed by atoms with Gasteiger partial charge in [0.25, 0.3) is 0 Å². The van der Waals surface area contributed by atoms with Crippen LogP contribution in [0.3, 0.4) is 0 Å². The molecule has 2 saturated heterocycles. The van der Waals surface area contributed by atoms with Crippen molar-refractivity contribution >= 4 is 22.0 Å². The summed E-state index contributed by atoms with van der Waals surface area (Å²) >= 11 is 3.43. The number of carbonyl (C=O) groups excluding carboxylic acids is 1. The molecule has 2 amide bonds. The zero-order valence-corrected chi connectivity index (χ0v) is 12.4. The summed E-state index contributed by atoms with van der Waals surface area (Å²) in [6.07, 6.45) is 2.05. The largest absolute Gasteiger partial charge is 0.331 e. The van der Waals surface area contributed by atoms with Gasteiger partial charge in [-0.2, -0.15) is 0 Å². The van der Waals surface area contributed by atoms with Gasteiger partial charge in [0.2, 0.25) is 0 Å². The van der Waals surface area contributed by atoms with E-state index in [0.29, 0.717) is 6.54 Å². The van der Waals surface area contributed by atoms with Gasteiger partial charge in [0.05, 0.1) is 5.54 Å². The molecule has 2 aliphatic rings. The van der Waals surface area contributed by atoms with Gasteiger partial charge in [-0.15, -0.1) is 0 Å². The minimum absolute atomic E-state index is 0.00228. The second-order valence-electron chi connectivity index (χ2n) is 5.44. The Bertz CT molecular complexity index is 468. The molecule has 0 radical (unpaired) electrons. The predicted octanol–water partition coefficient (Wildman–Crippen LogP) is 2.10. The summed E-state index contributed by atoms with van der Waals surface area (Å²) in [5, 5.41) is 6.54. The third kappa shape index (κ3) is 2.77. The first kappa shape index (κ1) is 12.9. The van der Waals surface area contributed by atoms with Crippen LogP contribution in [0.1, 0.15) is 18.4 Å². The van der Waals surface area contributed by atoms with Crippen molar-refractivity contribution in [3.63, 3.8) is 0 Å². The van der Waals surface area contributed by atoms with Crippen molar-refractivity contribution in [2.24, 2.45) is 0 Å². The van der Waals surface area contributed by atoms with Crippen LogP contribution in [0, 0.1) is 0 Å². The first-order valence-corrected chi connectivity index (χ1v) is 7.48. The summed E-state index contributed by atoms with van der Waals surface area (Å²) in [5.41, 5.74) is 1.17. The molecule has 0 unspecified atom stereocenters. The molecule has 1 aromatic rings. The number of piperidine rings is 1. The number of urea groups is 1. The minimum atomic E-state index is -0.00228. The molecule has 2 heterocycles. The van der Waals surface area contributed by atoms with Gasteiger partial charge < -0.3 is 15.5 Å². The minimum Gasteiger partial charge on any atom is -0.331 e. The Morgan fingerprint density at radius 2 is 1.89 bits per heavy atom. The highest BCUT2D eigenvalue weighted by atomic mass is 79.9. The van der Waals surface area contributed by atoms with Crippen LogP contribution in [0.5, 0.6) is 0 Å². The van der Waals surface area contributed by atoms with E-state index in [9.17, 15) is 4.79 Å². The molecule has 0 aromatic heterocycles. The van der Waals surface area contributed by atoms with Crippen LogP contribution < -0.4 is 10.6 Å². The summed E-state index contributed by atoms with van der Waals surface area (Å²) in [6.45, 7) is 3.50. The van der Waals surface area contributed by atoms with Crippen molar-refractivity contribution in [2.45, 2.75) is 24.9 Å². The molecule has 5 heteroatoms. The Balaban J connectivity index is 1.68. The van der Waals surface area contributed by atoms with Crippen molar-refractivity contribution in [1.29, 1.82) is 0 Å². The third-order valence-electron chi connectivity index (χ3n) is 4.00. The standard InChI is InChI=1S/C14H18BrN3O/c15-12-3-1-11(2-4-12)9-18-10-14(17-13(18)19)5-7-16-8-6-14/h1-4,16H,5-10H2,(H,17,19). The molecular weight excluding hydrogens is 306 g/mol. The molecule has 2 aliphatic heterocycles. The van der Waals surface area contributed by atoms with Gasteiger partial charge in [-0.05, 0) is 43.6 Å². The molecule has 19 heavy (non-hydrogen) atoms. The molecule has 0 aliphatic carbocycles. The smallest absolute Gasteiger partial charge is 0.318 e. The number of carbonyl (C=O) groups is 1. The molecule has 1 spiro atoms. The van der Waals surface area contributed by atoms with E-state index in [1.54, 1.807) is 0 Å². The van der Waals surface area contributed by atoms with E-state index in [-0.39, 0.29) is 11.6 Å². The number of hydrogen-bond acceptors (Lipinski definition) is 2. The SMILES string of the molecule is O=C1NC2(CCNCC2)CN1Cc1ccc(Br)cc1. The maximum atomic E-state index is 12.1. The topological polar surface area (TPSA) is 44.4 Å². The van der Waals surface area contributed by atoms with E-state index in [1.807, 2.05) is 17.0 Å². The van der Waals surface area contributed by atoms with Crippen LogP contribution in [0.15, 0.2) is 28.7 Å². The van der Waals surface area contributed by atoms with E-state index in [4.69, 9.17) is 0 Å². The van der Waals surface area contributed by atoms with Gasteiger partial charge >= 0.3 is 6.03 Å². The first-order chi connectivity index (χ1) is 9.17. The van der Waals surface area contributed by atoms with E-state index < -0.39 is 0 Å². The molecule has 0 saturated carbocycles. The van der Waals surface area contributed by atoms with E-state index in [0.717, 1.165) is 36.9 Å². The summed E-state index contributed by atoms with van der Waals surface area (Å²) in [7, 11) is 0. The lowest BCUT2D eigenvalue weighted by Crippen LogP contribution is -2.51. The molecule has 0 atom stereocenters. The first-order valence-electron chi connectivity index (χ1n) is 6.69. The van der Waals surface area contributed by atoms with Gasteiger partial charge in [-0.3, -0.25) is 0 Å². The van der Waals surface area contributed by atoms with Crippen LogP contribution in [0.2, 0.25) is 0 Å². The molecule has 4 nitrogen and oxygen atoms in total. The number of hydrogen-bond donors (Lipinski definition) is 2. The normalized spacial score (nSPS) is 21.7. The van der Waals surface area contributed by atoms with Crippen LogP contribution in [0.25, 0.3) is 0 Å². The summed E-state index contributed by atoms with van der Waals surface area (Å²) in [5.74, 6) is 0. The number of nitrogens with one attached hydrogen (secondary N) is 2. The van der Waals surface area contributed by atoms with E-state index in [1.165, 1.54) is 5.56 Å². The van der Waals surface area contributed by atoms with Crippen molar-refractivity contribution in [2.75, 3.05) is 19.6 Å². The van der Waals surface area contributed by atoms with Gasteiger partial charge in [0.15, 0.2) is 0 Å². The molecule has 1 aromatic carbocycles. The van der Waals surface area contributed by atoms with Gasteiger partial charge in [0, 0.05) is 17.6 Å². The molecule has 102 valence electrons. The average Bonchev–Trinajstić information content (AvgIpc) is 2.69. The fourth-order valence-electron chi connectivity index (χ4n) is 2.91. The molecule has 2 N–H and O–H groups in total. The lowest BCUT2D eigenvalue weighted by molar-refractivity contribution is 0.215. The second kappa shape index (κ2) is 5.13. The summed E-state index contributed by atoms with van der Waals surface area (Å²) < 4.78 is 1.07. The Morgan fingerprint density at radius 1 is 1.21 bits per heavy atom. The van der Waals surface area contributed by atoms with Crippen LogP contribution in [-0.2, 0) is 6.54 Å². The molecule has 2 fully saturated rings. The Labute approximate surface area is 121 Å². The lowest BCUT2D eigenvalue weighted by atomic mass is 9.89. The number of amides is 2. The van der Waals surface area contributed by atoms with Crippen LogP contribution >= 0.6 is 15.9 Å². The fraction of sp³-hybridized carbons (Fsp3) is 0.500. The average molecular weight is 324 g/mol. The fourth-order valence-corrected chi connectivity index (χ4v) is 3.17. The van der Waals surface area contributed by atoms with Gasteiger partial charge in [0.1, 0.15) is 0 Å². The highest BCUT2D eigenvalue weighted by Crippen LogP contribution is 2.26. The number of nitrogens with zero attached hydrogens (tertiary/aromatic N) is 1. The molecule has 0 bridgehead atoms. The van der Waals surface area contributed by atoms with Crippen molar-refractivity contribution in [1.82, 2.24) is 15.5 Å². The molecular formula is C14H18BrN3O. The number of halogens is 1. The summed E-state index contributed by atoms with van der Waals surface area (Å²) in [6, 6.07) is 8.23. The number of rotatable bonds is 2. The highest BCUT2D eigenvalue weighted by molar-refractivity contribution is 9.10.